The fourth-order valence-electron chi connectivity index (χ4n) is 3.15. The number of hydrogen-bond acceptors (Lipinski definition) is 6. The summed E-state index contributed by atoms with van der Waals surface area (Å²) < 4.78 is 7.52. The molecule has 0 saturated carbocycles. The lowest BCUT2D eigenvalue weighted by Crippen LogP contribution is -2.27. The number of fused-ring (bicyclic) bond motifs is 1. The standard InChI is InChI=1S/C16H18N6O/c1-21-10-18-20-16(21)14-7-11(23-2)9-22(14)15-8-17-12-5-3-4-6-13(12)19-15/h3-6,8,10-11,14H,7,9H2,1-2H3/t11-,14+/m1/s1. The van der Waals surface area contributed by atoms with Crippen LogP contribution in [0.2, 0.25) is 0 Å². The third kappa shape index (κ3) is 2.43. The Morgan fingerprint density at radius 2 is 2.04 bits per heavy atom. The maximum atomic E-state index is 5.57. The van der Waals surface area contributed by atoms with Crippen LogP contribution in [0.4, 0.5) is 5.82 Å². The van der Waals surface area contributed by atoms with Gasteiger partial charge < -0.3 is 14.2 Å². The Labute approximate surface area is 133 Å². The topological polar surface area (TPSA) is 69.0 Å². The number of rotatable bonds is 3. The number of ether oxygens (including phenoxy) is 1. The molecule has 7 heteroatoms. The Kier molecular flexibility index (Phi) is 3.42. The van der Waals surface area contributed by atoms with Crippen LogP contribution >= 0.6 is 0 Å². The molecule has 1 saturated heterocycles. The van der Waals surface area contributed by atoms with Crippen LogP contribution < -0.4 is 4.90 Å². The maximum absolute atomic E-state index is 5.57. The molecule has 118 valence electrons. The van der Waals surface area contributed by atoms with Crippen LogP contribution in [0.15, 0.2) is 36.8 Å². The Bertz CT molecular complexity index is 832. The van der Waals surface area contributed by atoms with Crippen LogP contribution in [-0.4, -0.2) is 44.5 Å². The van der Waals surface area contributed by atoms with Crippen molar-refractivity contribution in [3.05, 3.63) is 42.6 Å². The molecule has 0 spiro atoms. The highest BCUT2D eigenvalue weighted by atomic mass is 16.5. The lowest BCUT2D eigenvalue weighted by Gasteiger charge is -2.24. The van der Waals surface area contributed by atoms with Gasteiger partial charge >= 0.3 is 0 Å². The summed E-state index contributed by atoms with van der Waals surface area (Å²) in [5, 5.41) is 8.28. The first-order chi connectivity index (χ1) is 11.3. The van der Waals surface area contributed by atoms with Gasteiger partial charge in [0.1, 0.15) is 12.1 Å². The van der Waals surface area contributed by atoms with E-state index in [0.29, 0.717) is 0 Å². The largest absolute Gasteiger partial charge is 0.380 e. The van der Waals surface area contributed by atoms with Crippen LogP contribution in [0.5, 0.6) is 0 Å². The molecule has 2 atom stereocenters. The van der Waals surface area contributed by atoms with Crippen molar-refractivity contribution in [1.29, 1.82) is 0 Å². The number of para-hydroxylation sites is 2. The second-order valence-corrected chi connectivity index (χ2v) is 5.78. The lowest BCUT2D eigenvalue weighted by molar-refractivity contribution is 0.118. The predicted octanol–water partition coefficient (Wildman–Crippen LogP) is 1.72. The first kappa shape index (κ1) is 14.1. The molecule has 4 rings (SSSR count). The van der Waals surface area contributed by atoms with Gasteiger partial charge in [0.25, 0.3) is 0 Å². The second-order valence-electron chi connectivity index (χ2n) is 5.78. The van der Waals surface area contributed by atoms with Crippen LogP contribution in [0.1, 0.15) is 18.3 Å². The van der Waals surface area contributed by atoms with Gasteiger partial charge in [-0.1, -0.05) is 12.1 Å². The summed E-state index contributed by atoms with van der Waals surface area (Å²) in [4.78, 5) is 11.5. The minimum absolute atomic E-state index is 0.0860. The van der Waals surface area contributed by atoms with E-state index in [9.17, 15) is 0 Å². The first-order valence-corrected chi connectivity index (χ1v) is 7.61. The normalized spacial score (nSPS) is 21.2. The SMILES string of the molecule is CO[C@@H]1C[C@@H](c2nncn2C)N(c2cnc3ccccc3n2)C1. The minimum Gasteiger partial charge on any atom is -0.380 e. The third-order valence-electron chi connectivity index (χ3n) is 4.37. The fourth-order valence-corrected chi connectivity index (χ4v) is 3.15. The summed E-state index contributed by atoms with van der Waals surface area (Å²) in [6.07, 6.45) is 4.55. The number of benzene rings is 1. The maximum Gasteiger partial charge on any atom is 0.155 e. The van der Waals surface area contributed by atoms with E-state index in [2.05, 4.69) is 20.1 Å². The molecule has 1 aliphatic heterocycles. The highest BCUT2D eigenvalue weighted by Gasteiger charge is 2.36. The van der Waals surface area contributed by atoms with E-state index in [1.54, 1.807) is 13.4 Å². The Morgan fingerprint density at radius 1 is 1.22 bits per heavy atom. The molecule has 0 amide bonds. The Balaban J connectivity index is 1.75. The highest BCUT2D eigenvalue weighted by Crippen LogP contribution is 2.35. The fraction of sp³-hybridized carbons (Fsp3) is 0.375. The van der Waals surface area contributed by atoms with Crippen molar-refractivity contribution in [3.63, 3.8) is 0 Å². The molecule has 0 bridgehead atoms. The predicted molar refractivity (Wildman–Crippen MR) is 86.0 cm³/mol. The van der Waals surface area contributed by atoms with Gasteiger partial charge in [-0.15, -0.1) is 10.2 Å². The molecule has 0 unspecified atom stereocenters. The van der Waals surface area contributed by atoms with Crippen molar-refractivity contribution in [2.75, 3.05) is 18.6 Å². The number of nitrogens with zero attached hydrogens (tertiary/aromatic N) is 6. The third-order valence-corrected chi connectivity index (χ3v) is 4.37. The van der Waals surface area contributed by atoms with Gasteiger partial charge in [-0.25, -0.2) is 4.98 Å². The summed E-state index contributed by atoms with van der Waals surface area (Å²) in [6, 6.07) is 7.97. The van der Waals surface area contributed by atoms with E-state index in [-0.39, 0.29) is 12.1 Å². The number of aromatic nitrogens is 5. The molecule has 3 heterocycles. The first-order valence-electron chi connectivity index (χ1n) is 7.61. The molecule has 2 aromatic heterocycles. The molecule has 1 fully saturated rings. The van der Waals surface area contributed by atoms with Crippen molar-refractivity contribution < 1.29 is 4.74 Å². The van der Waals surface area contributed by atoms with Crippen molar-refractivity contribution in [2.24, 2.45) is 7.05 Å². The number of methoxy groups -OCH3 is 1. The second kappa shape index (κ2) is 5.58. The van der Waals surface area contributed by atoms with E-state index in [4.69, 9.17) is 9.72 Å². The summed E-state index contributed by atoms with van der Waals surface area (Å²) in [5.41, 5.74) is 1.79. The summed E-state index contributed by atoms with van der Waals surface area (Å²) >= 11 is 0. The van der Waals surface area contributed by atoms with Crippen molar-refractivity contribution in [2.45, 2.75) is 18.6 Å². The zero-order valence-corrected chi connectivity index (χ0v) is 13.1. The minimum atomic E-state index is 0.0860. The van der Waals surface area contributed by atoms with Crippen molar-refractivity contribution >= 4 is 16.9 Å². The molecule has 0 N–H and O–H groups in total. The van der Waals surface area contributed by atoms with Crippen LogP contribution in [0.25, 0.3) is 11.0 Å². The smallest absolute Gasteiger partial charge is 0.155 e. The van der Waals surface area contributed by atoms with E-state index < -0.39 is 0 Å². The monoisotopic (exact) mass is 310 g/mol. The number of hydrogen-bond donors (Lipinski definition) is 0. The highest BCUT2D eigenvalue weighted by molar-refractivity contribution is 5.75. The summed E-state index contributed by atoms with van der Waals surface area (Å²) in [7, 11) is 3.70. The molecular weight excluding hydrogens is 292 g/mol. The van der Waals surface area contributed by atoms with Gasteiger partial charge in [0, 0.05) is 27.1 Å². The number of anilines is 1. The average molecular weight is 310 g/mol. The average Bonchev–Trinajstić information content (AvgIpc) is 3.20. The van der Waals surface area contributed by atoms with Crippen molar-refractivity contribution in [3.8, 4) is 0 Å². The Hall–Kier alpha value is -2.54. The van der Waals surface area contributed by atoms with E-state index in [1.165, 1.54) is 0 Å². The van der Waals surface area contributed by atoms with E-state index in [0.717, 1.165) is 35.6 Å². The van der Waals surface area contributed by atoms with Gasteiger partial charge in [-0.3, -0.25) is 4.98 Å². The summed E-state index contributed by atoms with van der Waals surface area (Å²) in [5.74, 6) is 1.76. The Morgan fingerprint density at radius 3 is 2.78 bits per heavy atom. The van der Waals surface area contributed by atoms with Gasteiger partial charge in [0.05, 0.1) is 29.4 Å². The molecular formula is C16H18N6O. The van der Waals surface area contributed by atoms with Gasteiger partial charge in [-0.2, -0.15) is 0 Å². The molecule has 1 aliphatic rings. The lowest BCUT2D eigenvalue weighted by atomic mass is 10.2. The molecule has 0 radical (unpaired) electrons. The van der Waals surface area contributed by atoms with Gasteiger partial charge in [0.15, 0.2) is 5.82 Å². The zero-order chi connectivity index (χ0) is 15.8. The molecule has 3 aromatic rings. The van der Waals surface area contributed by atoms with Crippen LogP contribution in [0.3, 0.4) is 0 Å². The molecule has 1 aromatic carbocycles. The van der Waals surface area contributed by atoms with Gasteiger partial charge in [0.2, 0.25) is 0 Å². The van der Waals surface area contributed by atoms with Crippen LogP contribution in [0, 0.1) is 0 Å². The zero-order valence-electron chi connectivity index (χ0n) is 13.1. The van der Waals surface area contributed by atoms with E-state index >= 15 is 0 Å². The molecule has 23 heavy (non-hydrogen) atoms. The quantitative estimate of drug-likeness (QED) is 0.734. The number of aryl methyl sites for hydroxylation is 1. The van der Waals surface area contributed by atoms with Gasteiger partial charge in [-0.05, 0) is 12.1 Å². The van der Waals surface area contributed by atoms with Crippen LogP contribution in [-0.2, 0) is 11.8 Å². The molecule has 7 nitrogen and oxygen atoms in total. The molecule has 0 aliphatic carbocycles. The van der Waals surface area contributed by atoms with E-state index in [1.807, 2.05) is 42.1 Å². The van der Waals surface area contributed by atoms with Crippen molar-refractivity contribution in [1.82, 2.24) is 24.7 Å². The summed E-state index contributed by atoms with van der Waals surface area (Å²) in [6.45, 7) is 0.765.